The second kappa shape index (κ2) is 14.5. The maximum Gasteiger partial charge on any atom is 0.341 e. The van der Waals surface area contributed by atoms with Crippen LogP contribution in [0.1, 0.15) is 92.8 Å². The fraction of sp³-hybridized carbons (Fsp3) is 0.545. The summed E-state index contributed by atoms with van der Waals surface area (Å²) in [7, 11) is 1.36. The Morgan fingerprint density at radius 1 is 0.976 bits per heavy atom. The standard InChI is InChI=1S/C33H46N4O4S/c1-21(2)24-18-26(22(3)4)30(27(19-24)23(5)6)35-29(38)20-37-15-13-36(14-16-37)12-9-17-42-33-34-28-11-8-10-25(31(28)41-33)32(39)40-7/h8,10-11,18-19,21-23H,9,12-17,20H2,1-7H3,(H,35,38). The molecule has 1 aliphatic heterocycles. The van der Waals surface area contributed by atoms with Gasteiger partial charge >= 0.3 is 5.97 Å². The van der Waals surface area contributed by atoms with Crippen LogP contribution in [-0.4, -0.2) is 78.8 Å². The van der Waals surface area contributed by atoms with E-state index in [2.05, 4.69) is 73.8 Å². The number of fused-ring (bicyclic) bond motifs is 1. The predicted molar refractivity (Wildman–Crippen MR) is 171 cm³/mol. The average molecular weight is 595 g/mol. The number of oxazole rings is 1. The molecule has 0 bridgehead atoms. The zero-order chi connectivity index (χ0) is 30.4. The van der Waals surface area contributed by atoms with Crippen LogP contribution in [-0.2, 0) is 9.53 Å². The Morgan fingerprint density at radius 2 is 1.62 bits per heavy atom. The zero-order valence-electron chi connectivity index (χ0n) is 26.2. The highest BCUT2D eigenvalue weighted by molar-refractivity contribution is 7.99. The molecule has 0 spiro atoms. The molecule has 0 radical (unpaired) electrons. The molecule has 8 nitrogen and oxygen atoms in total. The van der Waals surface area contributed by atoms with Gasteiger partial charge < -0.3 is 19.4 Å². The minimum atomic E-state index is -0.425. The van der Waals surface area contributed by atoms with Crippen molar-refractivity contribution in [2.24, 2.45) is 0 Å². The second-order valence-electron chi connectivity index (χ2n) is 12.0. The summed E-state index contributed by atoms with van der Waals surface area (Å²) in [4.78, 5) is 34.4. The Labute approximate surface area is 254 Å². The van der Waals surface area contributed by atoms with E-state index in [1.165, 1.54) is 23.8 Å². The molecule has 2 aromatic carbocycles. The third-order valence-corrected chi connectivity index (χ3v) is 8.79. The minimum Gasteiger partial charge on any atom is -0.465 e. The Morgan fingerprint density at radius 3 is 2.21 bits per heavy atom. The Hall–Kier alpha value is -2.88. The Kier molecular flexibility index (Phi) is 11.1. The normalized spacial score (nSPS) is 14.8. The van der Waals surface area contributed by atoms with E-state index in [9.17, 15) is 9.59 Å². The van der Waals surface area contributed by atoms with Crippen LogP contribution in [0.4, 0.5) is 5.69 Å². The third-order valence-electron chi connectivity index (χ3n) is 7.87. The first kappa shape index (κ1) is 32.0. The largest absolute Gasteiger partial charge is 0.465 e. The molecule has 4 rings (SSSR count). The number of carbonyl (C=O) groups excluding carboxylic acids is 2. The molecule has 1 fully saturated rings. The van der Waals surface area contributed by atoms with Gasteiger partial charge in [0.15, 0.2) is 5.58 Å². The SMILES string of the molecule is COC(=O)c1cccc2nc(SCCCN3CCN(CC(=O)Nc4c(C(C)C)cc(C(C)C)cc4C(C)C)CC3)oc12. The van der Waals surface area contributed by atoms with E-state index in [1.54, 1.807) is 23.9 Å². The quantitative estimate of drug-likeness (QED) is 0.140. The zero-order valence-corrected chi connectivity index (χ0v) is 27.0. The number of amides is 1. The van der Waals surface area contributed by atoms with E-state index in [1.807, 2.05) is 6.07 Å². The molecule has 1 amide bonds. The minimum absolute atomic E-state index is 0.0645. The summed E-state index contributed by atoms with van der Waals surface area (Å²) in [5.74, 6) is 1.62. The van der Waals surface area contributed by atoms with E-state index in [0.29, 0.717) is 46.2 Å². The van der Waals surface area contributed by atoms with Crippen LogP contribution in [0.25, 0.3) is 11.1 Å². The van der Waals surface area contributed by atoms with E-state index in [-0.39, 0.29) is 5.91 Å². The first-order chi connectivity index (χ1) is 20.1. The van der Waals surface area contributed by atoms with E-state index in [4.69, 9.17) is 9.15 Å². The molecule has 0 unspecified atom stereocenters. The molecule has 1 N–H and O–H groups in total. The van der Waals surface area contributed by atoms with Crippen molar-refractivity contribution < 1.29 is 18.7 Å². The number of carbonyl (C=O) groups is 2. The molecule has 1 saturated heterocycles. The molecule has 0 saturated carbocycles. The van der Waals surface area contributed by atoms with Gasteiger partial charge in [-0.3, -0.25) is 9.69 Å². The van der Waals surface area contributed by atoms with Gasteiger partial charge in [-0.25, -0.2) is 9.78 Å². The van der Waals surface area contributed by atoms with Crippen LogP contribution in [0.5, 0.6) is 0 Å². The van der Waals surface area contributed by atoms with Crippen molar-refractivity contribution in [3.05, 3.63) is 52.6 Å². The summed E-state index contributed by atoms with van der Waals surface area (Å²) < 4.78 is 10.7. The highest BCUT2D eigenvalue weighted by Crippen LogP contribution is 2.36. The number of para-hydroxylation sites is 1. The van der Waals surface area contributed by atoms with Gasteiger partial charge in [0.25, 0.3) is 5.22 Å². The lowest BCUT2D eigenvalue weighted by molar-refractivity contribution is -0.117. The topological polar surface area (TPSA) is 87.9 Å². The van der Waals surface area contributed by atoms with Crippen molar-refractivity contribution in [2.75, 3.05) is 57.4 Å². The van der Waals surface area contributed by atoms with Crippen LogP contribution in [0.15, 0.2) is 40.0 Å². The number of ether oxygens (including phenoxy) is 1. The molecule has 9 heteroatoms. The van der Waals surface area contributed by atoms with Gasteiger partial charge in [0, 0.05) is 37.6 Å². The van der Waals surface area contributed by atoms with Crippen LogP contribution in [0, 0.1) is 0 Å². The van der Waals surface area contributed by atoms with Crippen molar-refractivity contribution in [3.63, 3.8) is 0 Å². The number of nitrogens with zero attached hydrogens (tertiary/aromatic N) is 3. The molecule has 1 aromatic heterocycles. The fourth-order valence-electron chi connectivity index (χ4n) is 5.36. The molecular formula is C33H46N4O4S. The van der Waals surface area contributed by atoms with Gasteiger partial charge in [-0.1, -0.05) is 71.5 Å². The average Bonchev–Trinajstić information content (AvgIpc) is 3.38. The molecule has 228 valence electrons. The summed E-state index contributed by atoms with van der Waals surface area (Å²) in [5.41, 5.74) is 6.31. The van der Waals surface area contributed by atoms with Gasteiger partial charge in [0.05, 0.1) is 13.7 Å². The summed E-state index contributed by atoms with van der Waals surface area (Å²) >= 11 is 1.56. The number of aromatic nitrogens is 1. The lowest BCUT2D eigenvalue weighted by Gasteiger charge is -2.34. The molecule has 1 aliphatic rings. The molecule has 3 aromatic rings. The van der Waals surface area contributed by atoms with Crippen LogP contribution in [0.3, 0.4) is 0 Å². The third kappa shape index (κ3) is 7.94. The summed E-state index contributed by atoms with van der Waals surface area (Å²) in [6.07, 6.45) is 0.996. The fourth-order valence-corrected chi connectivity index (χ4v) is 6.12. The second-order valence-corrected chi connectivity index (χ2v) is 13.1. The maximum atomic E-state index is 13.2. The highest BCUT2D eigenvalue weighted by atomic mass is 32.2. The molecule has 2 heterocycles. The van der Waals surface area contributed by atoms with Crippen molar-refractivity contribution in [2.45, 2.75) is 70.9 Å². The lowest BCUT2D eigenvalue weighted by Crippen LogP contribution is -2.48. The van der Waals surface area contributed by atoms with Crippen LogP contribution in [0.2, 0.25) is 0 Å². The van der Waals surface area contributed by atoms with E-state index >= 15 is 0 Å². The van der Waals surface area contributed by atoms with Gasteiger partial charge in [-0.15, -0.1) is 0 Å². The first-order valence-corrected chi connectivity index (χ1v) is 16.1. The van der Waals surface area contributed by atoms with Crippen LogP contribution < -0.4 is 5.32 Å². The number of methoxy groups -OCH3 is 1. The van der Waals surface area contributed by atoms with Crippen molar-refractivity contribution >= 4 is 40.4 Å². The van der Waals surface area contributed by atoms with E-state index in [0.717, 1.165) is 50.6 Å². The number of thioether (sulfide) groups is 1. The number of benzene rings is 2. The maximum absolute atomic E-state index is 13.2. The predicted octanol–water partition coefficient (Wildman–Crippen LogP) is 6.72. The summed E-state index contributed by atoms with van der Waals surface area (Å²) in [5, 5.41) is 3.88. The Bertz CT molecular complexity index is 1350. The highest BCUT2D eigenvalue weighted by Gasteiger charge is 2.22. The number of nitrogens with one attached hydrogen (secondary N) is 1. The van der Waals surface area contributed by atoms with Crippen molar-refractivity contribution in [1.29, 1.82) is 0 Å². The molecule has 0 atom stereocenters. The molecule has 0 aliphatic carbocycles. The summed E-state index contributed by atoms with van der Waals surface area (Å²) in [6.45, 7) is 18.3. The number of rotatable bonds is 12. The molecule has 42 heavy (non-hydrogen) atoms. The van der Waals surface area contributed by atoms with Gasteiger partial charge in [0.2, 0.25) is 5.91 Å². The Balaban J connectivity index is 1.24. The summed E-state index contributed by atoms with van der Waals surface area (Å²) in [6, 6.07) is 9.86. The number of piperazine rings is 1. The lowest BCUT2D eigenvalue weighted by atomic mass is 9.87. The monoisotopic (exact) mass is 594 g/mol. The van der Waals surface area contributed by atoms with Gasteiger partial charge in [-0.2, -0.15) is 0 Å². The van der Waals surface area contributed by atoms with E-state index < -0.39 is 5.97 Å². The first-order valence-electron chi connectivity index (χ1n) is 15.1. The van der Waals surface area contributed by atoms with Gasteiger partial charge in [-0.05, 0) is 59.5 Å². The number of anilines is 1. The van der Waals surface area contributed by atoms with Gasteiger partial charge in [0.1, 0.15) is 11.1 Å². The smallest absolute Gasteiger partial charge is 0.341 e. The van der Waals surface area contributed by atoms with Crippen molar-refractivity contribution in [3.8, 4) is 0 Å². The van der Waals surface area contributed by atoms with Crippen LogP contribution >= 0.6 is 11.8 Å². The number of esters is 1. The van der Waals surface area contributed by atoms with Crippen molar-refractivity contribution in [1.82, 2.24) is 14.8 Å². The number of hydrogen-bond donors (Lipinski definition) is 1. The molecular weight excluding hydrogens is 548 g/mol. The number of hydrogen-bond acceptors (Lipinski definition) is 8.